The molecule has 0 radical (unpaired) electrons. The molecule has 230 valence electrons. The van der Waals surface area contributed by atoms with E-state index in [1.54, 1.807) is 4.90 Å². The number of aliphatic hydroxyl groups excluding tert-OH is 1. The molecule has 3 aromatic rings. The number of nitrogens with zero attached hydrogens (tertiary/aromatic N) is 1. The van der Waals surface area contributed by atoms with E-state index in [0.29, 0.717) is 45.1 Å². The van der Waals surface area contributed by atoms with Crippen LogP contribution in [0.5, 0.6) is 0 Å². The van der Waals surface area contributed by atoms with Crippen LogP contribution in [0.1, 0.15) is 47.9 Å². The summed E-state index contributed by atoms with van der Waals surface area (Å²) in [5.41, 5.74) is 4.31. The molecule has 7 heteroatoms. The summed E-state index contributed by atoms with van der Waals surface area (Å²) in [6.07, 6.45) is 7.36. The summed E-state index contributed by atoms with van der Waals surface area (Å²) >= 11 is 0. The number of allylic oxidation sites excluding steroid dienone is 2. The third kappa shape index (κ3) is 8.44. The highest BCUT2D eigenvalue weighted by Crippen LogP contribution is 2.26. The normalized spacial score (nSPS) is 22.9. The monoisotopic (exact) mass is 594 g/mol. The molecule has 2 N–H and O–H groups in total. The summed E-state index contributed by atoms with van der Waals surface area (Å²) in [5.74, 6) is -1.54. The first-order chi connectivity index (χ1) is 21.5. The minimum absolute atomic E-state index is 0.0311. The summed E-state index contributed by atoms with van der Waals surface area (Å²) in [4.78, 5) is 42.5. The van der Waals surface area contributed by atoms with E-state index in [1.807, 2.05) is 97.1 Å². The van der Waals surface area contributed by atoms with E-state index >= 15 is 0 Å². The van der Waals surface area contributed by atoms with E-state index in [2.05, 4.69) is 5.32 Å². The zero-order valence-corrected chi connectivity index (χ0v) is 25.1. The Morgan fingerprint density at radius 3 is 2.20 bits per heavy atom. The van der Waals surface area contributed by atoms with Crippen molar-refractivity contribution >= 4 is 17.8 Å². The SMILES string of the molecule is O=C1N[C@@H](Cc2ccccc2)COC(=O)[C@@H](Cc2ccccc2)CCC=CC[C@@H]1CC(=O)N1Cc2ccccc2C[C@H]1CO. The largest absolute Gasteiger partial charge is 0.463 e. The highest BCUT2D eigenvalue weighted by atomic mass is 16.5. The molecule has 5 rings (SSSR count). The molecule has 2 amide bonds. The first kappa shape index (κ1) is 31.2. The molecule has 0 saturated heterocycles. The molecule has 7 nitrogen and oxygen atoms in total. The second-order valence-corrected chi connectivity index (χ2v) is 11.9. The summed E-state index contributed by atoms with van der Waals surface area (Å²) in [6, 6.07) is 27.0. The molecule has 2 aliphatic heterocycles. The van der Waals surface area contributed by atoms with Gasteiger partial charge in [0.15, 0.2) is 0 Å². The third-order valence-electron chi connectivity index (χ3n) is 8.70. The Bertz CT molecular complexity index is 1420. The number of hydrogen-bond acceptors (Lipinski definition) is 5. The van der Waals surface area contributed by atoms with Crippen LogP contribution in [0.15, 0.2) is 97.1 Å². The third-order valence-corrected chi connectivity index (χ3v) is 8.70. The van der Waals surface area contributed by atoms with Crippen molar-refractivity contribution in [2.45, 2.75) is 63.6 Å². The van der Waals surface area contributed by atoms with Crippen molar-refractivity contribution in [3.05, 3.63) is 119 Å². The summed E-state index contributed by atoms with van der Waals surface area (Å²) in [5, 5.41) is 13.2. The van der Waals surface area contributed by atoms with E-state index in [9.17, 15) is 19.5 Å². The van der Waals surface area contributed by atoms with Gasteiger partial charge in [-0.3, -0.25) is 14.4 Å². The van der Waals surface area contributed by atoms with Crippen LogP contribution in [0.4, 0.5) is 0 Å². The number of nitrogens with one attached hydrogen (secondary N) is 1. The van der Waals surface area contributed by atoms with E-state index in [0.717, 1.165) is 22.3 Å². The first-order valence-corrected chi connectivity index (χ1v) is 15.7. The number of carbonyl (C=O) groups is 3. The van der Waals surface area contributed by atoms with Crippen LogP contribution in [0.3, 0.4) is 0 Å². The predicted molar refractivity (Wildman–Crippen MR) is 169 cm³/mol. The predicted octanol–water partition coefficient (Wildman–Crippen LogP) is 4.81. The van der Waals surface area contributed by atoms with Crippen LogP contribution < -0.4 is 5.32 Å². The average Bonchev–Trinajstić information content (AvgIpc) is 3.06. The van der Waals surface area contributed by atoms with Crippen LogP contribution in [-0.2, 0) is 44.9 Å². The van der Waals surface area contributed by atoms with Crippen LogP contribution in [0.2, 0.25) is 0 Å². The van der Waals surface area contributed by atoms with Gasteiger partial charge in [-0.2, -0.15) is 0 Å². The van der Waals surface area contributed by atoms with Gasteiger partial charge < -0.3 is 20.1 Å². The van der Waals surface area contributed by atoms with Gasteiger partial charge in [-0.05, 0) is 60.8 Å². The molecule has 2 heterocycles. The molecule has 0 saturated carbocycles. The van der Waals surface area contributed by atoms with E-state index in [-0.39, 0.29) is 49.4 Å². The molecule has 0 bridgehead atoms. The van der Waals surface area contributed by atoms with Crippen molar-refractivity contribution in [1.29, 1.82) is 0 Å². The number of esters is 1. The van der Waals surface area contributed by atoms with Gasteiger partial charge in [0.1, 0.15) is 6.61 Å². The maximum atomic E-state index is 13.8. The lowest BCUT2D eigenvalue weighted by molar-refractivity contribution is -0.150. The summed E-state index contributed by atoms with van der Waals surface area (Å²) in [6.45, 7) is 0.333. The molecule has 0 aromatic heterocycles. The molecule has 0 aliphatic carbocycles. The van der Waals surface area contributed by atoms with Gasteiger partial charge in [0.25, 0.3) is 0 Å². The smallest absolute Gasteiger partial charge is 0.309 e. The van der Waals surface area contributed by atoms with Gasteiger partial charge in [0.2, 0.25) is 11.8 Å². The van der Waals surface area contributed by atoms with Gasteiger partial charge in [-0.15, -0.1) is 0 Å². The minimum atomic E-state index is -0.592. The topological polar surface area (TPSA) is 95.9 Å². The van der Waals surface area contributed by atoms with Gasteiger partial charge >= 0.3 is 5.97 Å². The van der Waals surface area contributed by atoms with Crippen LogP contribution in [0.25, 0.3) is 0 Å². The van der Waals surface area contributed by atoms with Gasteiger partial charge in [0, 0.05) is 13.0 Å². The van der Waals surface area contributed by atoms with Crippen molar-refractivity contribution in [3.63, 3.8) is 0 Å². The maximum absolute atomic E-state index is 13.8. The number of ether oxygens (including phenoxy) is 1. The van der Waals surface area contributed by atoms with Crippen LogP contribution in [-0.4, -0.2) is 53.1 Å². The second kappa shape index (κ2) is 15.5. The number of cyclic esters (lactones) is 1. The molecule has 4 atom stereocenters. The Morgan fingerprint density at radius 1 is 0.841 bits per heavy atom. The number of carbonyl (C=O) groups excluding carboxylic acids is 3. The molecule has 3 aromatic carbocycles. The van der Waals surface area contributed by atoms with Crippen molar-refractivity contribution < 1.29 is 24.2 Å². The fourth-order valence-corrected chi connectivity index (χ4v) is 6.20. The van der Waals surface area contributed by atoms with Gasteiger partial charge in [-0.25, -0.2) is 0 Å². The number of rotatable bonds is 7. The average molecular weight is 595 g/mol. The van der Waals surface area contributed by atoms with Crippen LogP contribution in [0, 0.1) is 11.8 Å². The fourth-order valence-electron chi connectivity index (χ4n) is 6.20. The highest BCUT2D eigenvalue weighted by Gasteiger charge is 2.33. The number of aliphatic hydroxyl groups is 1. The molecule has 0 unspecified atom stereocenters. The maximum Gasteiger partial charge on any atom is 0.309 e. The molecule has 44 heavy (non-hydrogen) atoms. The zero-order chi connectivity index (χ0) is 30.7. The number of amides is 2. The van der Waals surface area contributed by atoms with Crippen molar-refractivity contribution in [2.24, 2.45) is 11.8 Å². The Morgan fingerprint density at radius 2 is 1.50 bits per heavy atom. The van der Waals surface area contributed by atoms with Gasteiger partial charge in [0.05, 0.1) is 30.5 Å². The summed E-state index contributed by atoms with van der Waals surface area (Å²) < 4.78 is 5.87. The van der Waals surface area contributed by atoms with E-state index in [4.69, 9.17) is 4.74 Å². The first-order valence-electron chi connectivity index (χ1n) is 15.7. The molecule has 0 fully saturated rings. The van der Waals surface area contributed by atoms with Crippen molar-refractivity contribution in [1.82, 2.24) is 10.2 Å². The molecule has 2 aliphatic rings. The second-order valence-electron chi connectivity index (χ2n) is 11.9. The zero-order valence-electron chi connectivity index (χ0n) is 25.1. The van der Waals surface area contributed by atoms with Crippen LogP contribution >= 0.6 is 0 Å². The molecular formula is C37H42N2O5. The standard InChI is InChI=1S/C37H42N2O5/c40-25-34-22-29-16-10-11-19-32(29)24-39(34)35(41)23-30-17-8-3-9-18-31(20-27-12-4-1-5-13-27)37(43)44-26-33(38-36(30)42)21-28-14-6-2-7-15-28/h1-8,10-16,19,30-31,33-34,40H,9,17-18,20-26H2,(H,38,42)/t30-,31-,33+,34+/m1/s1. The minimum Gasteiger partial charge on any atom is -0.463 e. The highest BCUT2D eigenvalue weighted by molar-refractivity contribution is 5.86. The van der Waals surface area contributed by atoms with Gasteiger partial charge in [-0.1, -0.05) is 97.1 Å². The lowest BCUT2D eigenvalue weighted by Gasteiger charge is -2.36. The Kier molecular flexibility index (Phi) is 11.0. The molecule has 0 spiro atoms. The van der Waals surface area contributed by atoms with E-state index < -0.39 is 12.0 Å². The number of fused-ring (bicyclic) bond motifs is 1. The van der Waals surface area contributed by atoms with Crippen molar-refractivity contribution in [3.8, 4) is 0 Å². The Labute approximate surface area is 259 Å². The molecular weight excluding hydrogens is 552 g/mol. The Balaban J connectivity index is 1.34. The van der Waals surface area contributed by atoms with E-state index in [1.165, 1.54) is 0 Å². The number of hydrogen-bond donors (Lipinski definition) is 2. The van der Waals surface area contributed by atoms with Crippen molar-refractivity contribution in [2.75, 3.05) is 13.2 Å². The summed E-state index contributed by atoms with van der Waals surface area (Å²) in [7, 11) is 0. The number of benzene rings is 3. The lowest BCUT2D eigenvalue weighted by atomic mass is 9.92. The lowest BCUT2D eigenvalue weighted by Crippen LogP contribution is -2.48. The quantitative estimate of drug-likeness (QED) is 0.303. The Hall–Kier alpha value is -4.23. The fraction of sp³-hybridized carbons (Fsp3) is 0.378.